The molecule has 0 aliphatic carbocycles. The molecular weight excluding hydrogens is 324 g/mol. The first-order chi connectivity index (χ1) is 11.1. The van der Waals surface area contributed by atoms with E-state index >= 15 is 0 Å². The number of carbonyl (C=O) groups is 1. The van der Waals surface area contributed by atoms with Gasteiger partial charge in [-0.05, 0) is 50.2 Å². The van der Waals surface area contributed by atoms with Gasteiger partial charge in [0.2, 0.25) is 0 Å². The van der Waals surface area contributed by atoms with Crippen molar-refractivity contribution in [3.8, 4) is 0 Å². The molecule has 0 amide bonds. The number of fused-ring (bicyclic) bond motifs is 1. The number of esters is 1. The molecule has 3 aromatic rings. The monoisotopic (exact) mass is 341 g/mol. The average Bonchev–Trinajstić information content (AvgIpc) is 2.55. The van der Waals surface area contributed by atoms with Gasteiger partial charge in [0.05, 0.1) is 18.2 Å². The minimum absolute atomic E-state index is 0. The summed E-state index contributed by atoms with van der Waals surface area (Å²) in [7, 11) is 1.38. The number of aromatic nitrogens is 1. The molecule has 2 aromatic carbocycles. The first-order valence-corrected chi connectivity index (χ1v) is 7.40. The van der Waals surface area contributed by atoms with Gasteiger partial charge in [0.25, 0.3) is 0 Å². The Bertz CT molecular complexity index is 894. The second-order valence-electron chi connectivity index (χ2n) is 5.53. The van der Waals surface area contributed by atoms with Gasteiger partial charge in [-0.2, -0.15) is 0 Å². The number of nitrogens with one attached hydrogen (secondary N) is 1. The Balaban J connectivity index is 0.00000208. The zero-order valence-electron chi connectivity index (χ0n) is 13.8. The van der Waals surface area contributed by atoms with Crippen LogP contribution in [0, 0.1) is 13.8 Å². The maximum atomic E-state index is 11.7. The molecule has 3 rings (SSSR count). The summed E-state index contributed by atoms with van der Waals surface area (Å²) in [4.78, 5) is 16.2. The summed E-state index contributed by atoms with van der Waals surface area (Å²) in [6.45, 7) is 4.02. The number of carbonyl (C=O) groups excluding carboxylic acids is 1. The fourth-order valence-corrected chi connectivity index (χ4v) is 2.57. The summed E-state index contributed by atoms with van der Waals surface area (Å²) >= 11 is 0. The van der Waals surface area contributed by atoms with E-state index in [0.717, 1.165) is 28.0 Å². The standard InChI is InChI=1S/C19H18N2O2.ClH/c1-12-7-8-17-16(9-12)18(10-13(2)20-17)21-15-6-4-5-14(11-15)19(22)23-3;/h4-11H,1-3H3,(H,20,21);1H/p-1. The van der Waals surface area contributed by atoms with Crippen LogP contribution in [-0.2, 0) is 4.74 Å². The molecule has 5 heteroatoms. The fourth-order valence-electron chi connectivity index (χ4n) is 2.57. The molecule has 124 valence electrons. The van der Waals surface area contributed by atoms with Crippen LogP contribution in [0.25, 0.3) is 10.9 Å². The summed E-state index contributed by atoms with van der Waals surface area (Å²) in [5.74, 6) is -0.347. The molecule has 1 N–H and O–H groups in total. The van der Waals surface area contributed by atoms with E-state index in [0.29, 0.717) is 5.56 Å². The lowest BCUT2D eigenvalue weighted by atomic mass is 10.1. The predicted octanol–water partition coefficient (Wildman–Crippen LogP) is 1.39. The van der Waals surface area contributed by atoms with Crippen LogP contribution in [-0.4, -0.2) is 18.1 Å². The number of hydrogen-bond donors (Lipinski definition) is 1. The molecule has 0 fully saturated rings. The Labute approximate surface area is 147 Å². The van der Waals surface area contributed by atoms with Gasteiger partial charge >= 0.3 is 5.97 Å². The summed E-state index contributed by atoms with van der Waals surface area (Å²) in [5.41, 5.74) is 5.38. The van der Waals surface area contributed by atoms with Crippen molar-refractivity contribution in [3.63, 3.8) is 0 Å². The van der Waals surface area contributed by atoms with Crippen molar-refractivity contribution in [3.05, 3.63) is 65.4 Å². The minimum atomic E-state index is -0.347. The molecule has 4 nitrogen and oxygen atoms in total. The number of aryl methyl sites for hydroxylation is 2. The quantitative estimate of drug-likeness (QED) is 0.731. The zero-order chi connectivity index (χ0) is 16.4. The molecule has 0 atom stereocenters. The van der Waals surface area contributed by atoms with Gasteiger partial charge in [-0.1, -0.05) is 17.7 Å². The van der Waals surface area contributed by atoms with E-state index in [4.69, 9.17) is 4.74 Å². The number of ether oxygens (including phenoxy) is 1. The van der Waals surface area contributed by atoms with Gasteiger partial charge in [0, 0.05) is 22.5 Å². The number of methoxy groups -OCH3 is 1. The van der Waals surface area contributed by atoms with Crippen molar-refractivity contribution in [1.29, 1.82) is 0 Å². The molecule has 0 unspecified atom stereocenters. The normalized spacial score (nSPS) is 10.1. The topological polar surface area (TPSA) is 51.2 Å². The van der Waals surface area contributed by atoms with Gasteiger partial charge in [-0.25, -0.2) is 4.79 Å². The largest absolute Gasteiger partial charge is 1.00 e. The zero-order valence-corrected chi connectivity index (χ0v) is 14.5. The Morgan fingerprint density at radius 2 is 1.88 bits per heavy atom. The Kier molecular flexibility index (Phi) is 5.42. The number of pyridine rings is 1. The SMILES string of the molecule is COC(=O)c1cccc(Nc2cc(C)nc3ccc(C)cc23)c1.[Cl-]. The number of rotatable bonds is 3. The van der Waals surface area contributed by atoms with Gasteiger partial charge in [-0.3, -0.25) is 4.98 Å². The van der Waals surface area contributed by atoms with Crippen LogP contribution in [0.2, 0.25) is 0 Å². The predicted molar refractivity (Wildman–Crippen MR) is 92.3 cm³/mol. The molecule has 0 radical (unpaired) electrons. The summed E-state index contributed by atoms with van der Waals surface area (Å²) in [5, 5.41) is 4.44. The van der Waals surface area contributed by atoms with Gasteiger partial charge in [0.15, 0.2) is 0 Å². The number of hydrogen-bond acceptors (Lipinski definition) is 4. The molecule has 1 heterocycles. The third-order valence-electron chi connectivity index (χ3n) is 3.65. The summed E-state index contributed by atoms with van der Waals surface area (Å²) in [6, 6.07) is 15.4. The summed E-state index contributed by atoms with van der Waals surface area (Å²) < 4.78 is 4.77. The lowest BCUT2D eigenvalue weighted by Crippen LogP contribution is -3.00. The van der Waals surface area contributed by atoms with Crippen LogP contribution in [0.5, 0.6) is 0 Å². The maximum Gasteiger partial charge on any atom is 0.337 e. The lowest BCUT2D eigenvalue weighted by Gasteiger charge is -2.12. The van der Waals surface area contributed by atoms with E-state index in [1.165, 1.54) is 12.7 Å². The highest BCUT2D eigenvalue weighted by Crippen LogP contribution is 2.27. The van der Waals surface area contributed by atoms with Gasteiger partial charge in [0.1, 0.15) is 0 Å². The smallest absolute Gasteiger partial charge is 0.337 e. The third kappa shape index (κ3) is 3.66. The first-order valence-electron chi connectivity index (χ1n) is 7.40. The molecular formula is C19H18ClN2O2-. The van der Waals surface area contributed by atoms with Crippen molar-refractivity contribution < 1.29 is 21.9 Å². The summed E-state index contributed by atoms with van der Waals surface area (Å²) in [6.07, 6.45) is 0. The molecule has 0 saturated carbocycles. The van der Waals surface area contributed by atoms with Crippen LogP contribution in [0.1, 0.15) is 21.6 Å². The van der Waals surface area contributed by atoms with Crippen LogP contribution < -0.4 is 17.7 Å². The number of anilines is 2. The van der Waals surface area contributed by atoms with Crippen molar-refractivity contribution in [2.24, 2.45) is 0 Å². The molecule has 24 heavy (non-hydrogen) atoms. The molecule has 0 bridgehead atoms. The van der Waals surface area contributed by atoms with Crippen LogP contribution in [0.15, 0.2) is 48.5 Å². The molecule has 0 aliphatic heterocycles. The van der Waals surface area contributed by atoms with Crippen molar-refractivity contribution >= 4 is 28.2 Å². The van der Waals surface area contributed by atoms with Crippen LogP contribution in [0.3, 0.4) is 0 Å². The van der Waals surface area contributed by atoms with E-state index in [1.54, 1.807) is 12.1 Å². The van der Waals surface area contributed by atoms with Crippen molar-refractivity contribution in [2.45, 2.75) is 13.8 Å². The molecule has 1 aromatic heterocycles. The molecule has 0 spiro atoms. The highest BCUT2D eigenvalue weighted by molar-refractivity contribution is 5.95. The maximum absolute atomic E-state index is 11.7. The molecule has 0 aliphatic rings. The first kappa shape index (κ1) is 17.8. The Morgan fingerprint density at radius 1 is 1.08 bits per heavy atom. The lowest BCUT2D eigenvalue weighted by molar-refractivity contribution is -0.0000193. The van der Waals surface area contributed by atoms with E-state index in [-0.39, 0.29) is 18.4 Å². The number of halogens is 1. The highest BCUT2D eigenvalue weighted by Gasteiger charge is 2.08. The van der Waals surface area contributed by atoms with Gasteiger partial charge in [-0.15, -0.1) is 0 Å². The highest BCUT2D eigenvalue weighted by atomic mass is 35.5. The number of benzene rings is 2. The van der Waals surface area contributed by atoms with E-state index in [1.807, 2.05) is 31.2 Å². The Hall–Kier alpha value is -2.59. The van der Waals surface area contributed by atoms with E-state index in [2.05, 4.69) is 29.4 Å². The number of nitrogens with zero attached hydrogens (tertiary/aromatic N) is 1. The van der Waals surface area contributed by atoms with Gasteiger partial charge < -0.3 is 22.5 Å². The second-order valence-corrected chi connectivity index (χ2v) is 5.53. The Morgan fingerprint density at radius 3 is 2.62 bits per heavy atom. The average molecular weight is 342 g/mol. The van der Waals surface area contributed by atoms with Crippen molar-refractivity contribution in [2.75, 3.05) is 12.4 Å². The third-order valence-corrected chi connectivity index (χ3v) is 3.65. The van der Waals surface area contributed by atoms with Crippen LogP contribution >= 0.6 is 0 Å². The van der Waals surface area contributed by atoms with Crippen molar-refractivity contribution in [1.82, 2.24) is 4.98 Å². The van der Waals surface area contributed by atoms with E-state index < -0.39 is 0 Å². The molecule has 0 saturated heterocycles. The van der Waals surface area contributed by atoms with Crippen LogP contribution in [0.4, 0.5) is 11.4 Å². The second kappa shape index (κ2) is 7.32. The van der Waals surface area contributed by atoms with E-state index in [9.17, 15) is 4.79 Å². The minimum Gasteiger partial charge on any atom is -1.00 e. The fraction of sp³-hybridized carbons (Fsp3) is 0.158.